The highest BCUT2D eigenvalue weighted by Crippen LogP contribution is 2.46. The van der Waals surface area contributed by atoms with Gasteiger partial charge >= 0.3 is 0 Å². The Hall–Kier alpha value is -0.960. The Labute approximate surface area is 117 Å². The van der Waals surface area contributed by atoms with E-state index in [9.17, 15) is 0 Å². The van der Waals surface area contributed by atoms with Gasteiger partial charge in [0.2, 0.25) is 0 Å². The molecule has 1 fully saturated rings. The topological polar surface area (TPSA) is 37.8 Å². The molecule has 1 aliphatic rings. The van der Waals surface area contributed by atoms with E-state index in [1.54, 1.807) is 0 Å². The second-order valence-corrected chi connectivity index (χ2v) is 5.79. The van der Waals surface area contributed by atoms with Crippen LogP contribution in [0.15, 0.2) is 0 Å². The van der Waals surface area contributed by atoms with Crippen LogP contribution in [0.1, 0.15) is 63.3 Å². The molecule has 0 atom stereocenters. The molecular formula is C16H27N3. The highest BCUT2D eigenvalue weighted by atomic mass is 14.9. The Kier molecular flexibility index (Phi) is 4.56. The first-order chi connectivity index (χ1) is 9.14. The third kappa shape index (κ3) is 3.14. The van der Waals surface area contributed by atoms with Crippen LogP contribution < -0.4 is 5.32 Å². The van der Waals surface area contributed by atoms with E-state index in [-0.39, 0.29) is 5.41 Å². The molecule has 0 unspecified atom stereocenters. The summed E-state index contributed by atoms with van der Waals surface area (Å²) < 4.78 is 0. The lowest BCUT2D eigenvalue weighted by molar-refractivity contribution is 0.662. The van der Waals surface area contributed by atoms with Gasteiger partial charge in [-0.25, -0.2) is 9.97 Å². The molecule has 1 aromatic heterocycles. The van der Waals surface area contributed by atoms with Gasteiger partial charge in [-0.1, -0.05) is 27.7 Å². The monoisotopic (exact) mass is 261 g/mol. The maximum atomic E-state index is 4.87. The third-order valence-electron chi connectivity index (χ3n) is 4.19. The number of nitrogens with one attached hydrogen (secondary N) is 1. The van der Waals surface area contributed by atoms with E-state index in [1.165, 1.54) is 29.8 Å². The van der Waals surface area contributed by atoms with E-state index >= 15 is 0 Å². The van der Waals surface area contributed by atoms with Crippen molar-refractivity contribution >= 4 is 0 Å². The maximum Gasteiger partial charge on any atom is 0.134 e. The Morgan fingerprint density at radius 3 is 2.05 bits per heavy atom. The lowest BCUT2D eigenvalue weighted by Gasteiger charge is -2.16. The summed E-state index contributed by atoms with van der Waals surface area (Å²) in [5.74, 6) is 1.09. The number of nitrogens with zero attached hydrogens (tertiary/aromatic N) is 2. The fourth-order valence-electron chi connectivity index (χ4n) is 2.53. The zero-order valence-electron chi connectivity index (χ0n) is 12.8. The first-order valence-electron chi connectivity index (χ1n) is 7.74. The molecule has 1 aliphatic carbocycles. The molecule has 0 aromatic carbocycles. The zero-order valence-corrected chi connectivity index (χ0v) is 12.8. The van der Waals surface area contributed by atoms with Crippen LogP contribution in [0, 0.1) is 0 Å². The predicted molar refractivity (Wildman–Crippen MR) is 79.6 cm³/mol. The summed E-state index contributed by atoms with van der Waals surface area (Å²) in [6.07, 6.45) is 5.57. The van der Waals surface area contributed by atoms with Crippen LogP contribution in [0.3, 0.4) is 0 Å². The minimum atomic E-state index is 0.272. The molecule has 0 bridgehead atoms. The number of aryl methyl sites for hydroxylation is 2. The summed E-state index contributed by atoms with van der Waals surface area (Å²) in [6.45, 7) is 10.9. The summed E-state index contributed by atoms with van der Waals surface area (Å²) in [6, 6.07) is 0. The van der Waals surface area contributed by atoms with Crippen molar-refractivity contribution in [3.63, 3.8) is 0 Å². The van der Waals surface area contributed by atoms with Gasteiger partial charge in [0, 0.05) is 16.8 Å². The number of rotatable bonds is 7. The van der Waals surface area contributed by atoms with Crippen LogP contribution in [-0.2, 0) is 24.7 Å². The molecule has 0 spiro atoms. The Balaban J connectivity index is 2.29. The first kappa shape index (κ1) is 14.4. The van der Waals surface area contributed by atoms with E-state index < -0.39 is 0 Å². The fourth-order valence-corrected chi connectivity index (χ4v) is 2.53. The Morgan fingerprint density at radius 2 is 1.63 bits per heavy atom. The third-order valence-corrected chi connectivity index (χ3v) is 4.19. The van der Waals surface area contributed by atoms with Crippen molar-refractivity contribution in [2.75, 3.05) is 13.1 Å². The van der Waals surface area contributed by atoms with E-state index in [4.69, 9.17) is 9.97 Å². The van der Waals surface area contributed by atoms with Crippen LogP contribution in [0.2, 0.25) is 0 Å². The SMILES string of the molecule is CCNCCc1c(CC)nc(C2(C)CC2)nc1CC. The molecule has 1 saturated carbocycles. The minimum absolute atomic E-state index is 0.272. The Bertz CT molecular complexity index is 411. The van der Waals surface area contributed by atoms with Gasteiger partial charge in [-0.15, -0.1) is 0 Å². The van der Waals surface area contributed by atoms with Crippen LogP contribution >= 0.6 is 0 Å². The minimum Gasteiger partial charge on any atom is -0.317 e. The highest BCUT2D eigenvalue weighted by molar-refractivity contribution is 5.30. The lowest BCUT2D eigenvalue weighted by Crippen LogP contribution is -2.20. The van der Waals surface area contributed by atoms with Crippen molar-refractivity contribution in [2.45, 2.75) is 65.2 Å². The van der Waals surface area contributed by atoms with E-state index in [0.717, 1.165) is 38.2 Å². The summed E-state index contributed by atoms with van der Waals surface area (Å²) in [5, 5.41) is 3.40. The number of aromatic nitrogens is 2. The van der Waals surface area contributed by atoms with Gasteiger partial charge in [-0.2, -0.15) is 0 Å². The van der Waals surface area contributed by atoms with Crippen molar-refractivity contribution < 1.29 is 0 Å². The predicted octanol–water partition coefficient (Wildman–Crippen LogP) is 2.80. The summed E-state index contributed by atoms with van der Waals surface area (Å²) in [5.41, 5.74) is 4.20. The van der Waals surface area contributed by atoms with Gasteiger partial charge in [0.1, 0.15) is 5.82 Å². The Morgan fingerprint density at radius 1 is 1.05 bits per heavy atom. The number of likely N-dealkylation sites (N-methyl/N-ethyl adjacent to an activating group) is 1. The molecule has 2 rings (SSSR count). The normalized spacial score (nSPS) is 16.6. The molecule has 1 heterocycles. The number of hydrogen-bond acceptors (Lipinski definition) is 3. The molecule has 106 valence electrons. The molecule has 0 radical (unpaired) electrons. The largest absolute Gasteiger partial charge is 0.317 e. The maximum absolute atomic E-state index is 4.87. The number of hydrogen-bond donors (Lipinski definition) is 1. The van der Waals surface area contributed by atoms with Crippen LogP contribution in [0.25, 0.3) is 0 Å². The van der Waals surface area contributed by atoms with Gasteiger partial charge < -0.3 is 5.32 Å². The van der Waals surface area contributed by atoms with Gasteiger partial charge in [-0.3, -0.25) is 0 Å². The van der Waals surface area contributed by atoms with Crippen LogP contribution in [-0.4, -0.2) is 23.1 Å². The van der Waals surface area contributed by atoms with E-state index in [0.29, 0.717) is 0 Å². The fraction of sp³-hybridized carbons (Fsp3) is 0.750. The highest BCUT2D eigenvalue weighted by Gasteiger charge is 2.42. The van der Waals surface area contributed by atoms with E-state index in [1.807, 2.05) is 0 Å². The second-order valence-electron chi connectivity index (χ2n) is 5.79. The van der Waals surface area contributed by atoms with Crippen molar-refractivity contribution in [1.82, 2.24) is 15.3 Å². The summed E-state index contributed by atoms with van der Waals surface area (Å²) in [7, 11) is 0. The van der Waals surface area contributed by atoms with Crippen molar-refractivity contribution in [3.8, 4) is 0 Å². The first-order valence-corrected chi connectivity index (χ1v) is 7.74. The molecule has 19 heavy (non-hydrogen) atoms. The van der Waals surface area contributed by atoms with Crippen molar-refractivity contribution in [1.29, 1.82) is 0 Å². The molecule has 0 aliphatic heterocycles. The van der Waals surface area contributed by atoms with E-state index in [2.05, 4.69) is 33.0 Å². The zero-order chi connectivity index (χ0) is 13.9. The van der Waals surface area contributed by atoms with Crippen molar-refractivity contribution in [3.05, 3.63) is 22.8 Å². The molecule has 3 heteroatoms. The molecular weight excluding hydrogens is 234 g/mol. The van der Waals surface area contributed by atoms with Crippen LogP contribution in [0.5, 0.6) is 0 Å². The molecule has 1 aromatic rings. The molecule has 3 nitrogen and oxygen atoms in total. The second kappa shape index (κ2) is 6.00. The van der Waals surface area contributed by atoms with Gasteiger partial charge in [-0.05, 0) is 50.8 Å². The quantitative estimate of drug-likeness (QED) is 0.767. The van der Waals surface area contributed by atoms with Gasteiger partial charge in [0.05, 0.1) is 0 Å². The standard InChI is InChI=1S/C16H27N3/c1-5-13-12(8-11-17-7-3)14(6-2)19-15(18-13)16(4)9-10-16/h17H,5-11H2,1-4H3. The van der Waals surface area contributed by atoms with Gasteiger partial charge in [0.15, 0.2) is 0 Å². The van der Waals surface area contributed by atoms with Gasteiger partial charge in [0.25, 0.3) is 0 Å². The summed E-state index contributed by atoms with van der Waals surface area (Å²) >= 11 is 0. The molecule has 0 amide bonds. The summed E-state index contributed by atoms with van der Waals surface area (Å²) in [4.78, 5) is 9.75. The van der Waals surface area contributed by atoms with Crippen molar-refractivity contribution in [2.24, 2.45) is 0 Å². The smallest absolute Gasteiger partial charge is 0.134 e. The lowest BCUT2D eigenvalue weighted by atomic mass is 10.0. The average molecular weight is 261 g/mol. The van der Waals surface area contributed by atoms with Crippen LogP contribution in [0.4, 0.5) is 0 Å². The molecule has 0 saturated heterocycles. The molecule has 1 N–H and O–H groups in total. The average Bonchev–Trinajstić information content (AvgIpc) is 3.18.